The van der Waals surface area contributed by atoms with Crippen molar-refractivity contribution in [1.29, 1.82) is 0 Å². The van der Waals surface area contributed by atoms with Gasteiger partial charge in [-0.3, -0.25) is 9.69 Å². The van der Waals surface area contributed by atoms with Gasteiger partial charge in [0.15, 0.2) is 0 Å². The molecule has 148 valence electrons. The van der Waals surface area contributed by atoms with Crippen LogP contribution in [0.25, 0.3) is 0 Å². The highest BCUT2D eigenvalue weighted by atomic mass is 16.5. The smallest absolute Gasteiger partial charge is 0.227 e. The van der Waals surface area contributed by atoms with Crippen LogP contribution in [-0.2, 0) is 22.5 Å². The van der Waals surface area contributed by atoms with Crippen LogP contribution in [0.2, 0.25) is 0 Å². The topological polar surface area (TPSA) is 32.8 Å². The van der Waals surface area contributed by atoms with Crippen molar-refractivity contribution in [3.63, 3.8) is 0 Å². The minimum atomic E-state index is 0.224. The molecular weight excluding hydrogens is 348 g/mol. The number of hydrogen-bond acceptors (Lipinski definition) is 3. The predicted octanol–water partition coefficient (Wildman–Crippen LogP) is 4.34. The Kier molecular flexibility index (Phi) is 6.08. The van der Waals surface area contributed by atoms with E-state index < -0.39 is 0 Å². The Hall–Kier alpha value is -2.17. The third kappa shape index (κ3) is 4.13. The fourth-order valence-electron chi connectivity index (χ4n) is 4.45. The van der Waals surface area contributed by atoms with Gasteiger partial charge in [0.25, 0.3) is 0 Å². The zero-order chi connectivity index (χ0) is 19.3. The lowest BCUT2D eigenvalue weighted by Crippen LogP contribution is -2.39. The lowest BCUT2D eigenvalue weighted by atomic mass is 9.93. The van der Waals surface area contributed by atoms with Crippen LogP contribution >= 0.6 is 0 Å². The summed E-state index contributed by atoms with van der Waals surface area (Å²) >= 11 is 0. The van der Waals surface area contributed by atoms with Crippen molar-refractivity contribution in [1.82, 2.24) is 4.90 Å². The number of rotatable bonds is 6. The highest BCUT2D eigenvalue weighted by Gasteiger charge is 2.27. The van der Waals surface area contributed by atoms with Gasteiger partial charge in [0.1, 0.15) is 0 Å². The first-order chi connectivity index (χ1) is 13.8. The van der Waals surface area contributed by atoms with E-state index in [0.717, 1.165) is 51.3 Å². The van der Waals surface area contributed by atoms with Crippen molar-refractivity contribution in [3.8, 4) is 0 Å². The molecule has 0 saturated carbocycles. The fourth-order valence-corrected chi connectivity index (χ4v) is 4.45. The maximum atomic E-state index is 12.6. The molecule has 4 nitrogen and oxygen atoms in total. The van der Waals surface area contributed by atoms with Crippen LogP contribution in [0.4, 0.5) is 5.69 Å². The minimum Gasteiger partial charge on any atom is -0.379 e. The summed E-state index contributed by atoms with van der Waals surface area (Å²) in [6.45, 7) is 6.55. The van der Waals surface area contributed by atoms with Gasteiger partial charge >= 0.3 is 0 Å². The zero-order valence-electron chi connectivity index (χ0n) is 16.8. The number of hydrogen-bond donors (Lipinski definition) is 0. The highest BCUT2D eigenvalue weighted by Crippen LogP contribution is 2.34. The molecule has 0 bridgehead atoms. The molecule has 1 unspecified atom stereocenters. The number of fused-ring (bicyclic) bond motifs is 1. The third-order valence-electron chi connectivity index (χ3n) is 5.92. The van der Waals surface area contributed by atoms with Gasteiger partial charge in [-0.25, -0.2) is 0 Å². The summed E-state index contributed by atoms with van der Waals surface area (Å²) in [6.07, 6.45) is 3.76. The van der Waals surface area contributed by atoms with Crippen molar-refractivity contribution >= 4 is 11.6 Å². The fraction of sp³-hybridized carbons (Fsp3) is 0.458. The van der Waals surface area contributed by atoms with E-state index >= 15 is 0 Å². The van der Waals surface area contributed by atoms with E-state index in [1.54, 1.807) is 0 Å². The van der Waals surface area contributed by atoms with Gasteiger partial charge in [-0.05, 0) is 35.6 Å². The van der Waals surface area contributed by atoms with E-state index in [1.807, 2.05) is 23.1 Å². The summed E-state index contributed by atoms with van der Waals surface area (Å²) in [5.41, 5.74) is 4.95. The van der Waals surface area contributed by atoms with Gasteiger partial charge in [0, 0.05) is 31.2 Å². The number of carbonyl (C=O) groups is 1. The van der Waals surface area contributed by atoms with Crippen LogP contribution in [0.1, 0.15) is 48.9 Å². The Morgan fingerprint density at radius 1 is 1.04 bits per heavy atom. The van der Waals surface area contributed by atoms with Crippen molar-refractivity contribution in [2.45, 2.75) is 45.2 Å². The Balaban J connectivity index is 1.60. The second-order valence-corrected chi connectivity index (χ2v) is 7.81. The Morgan fingerprint density at radius 2 is 1.82 bits per heavy atom. The summed E-state index contributed by atoms with van der Waals surface area (Å²) < 4.78 is 5.55. The lowest BCUT2D eigenvalue weighted by Gasteiger charge is -2.36. The Labute approximate surface area is 168 Å². The molecule has 1 fully saturated rings. The molecule has 2 aliphatic heterocycles. The second-order valence-electron chi connectivity index (χ2n) is 7.81. The molecule has 0 spiro atoms. The largest absolute Gasteiger partial charge is 0.379 e. The standard InChI is InChI=1S/C24H30N2O2/c1-2-6-22(25-13-15-28-16-14-25)20-9-11-23-21(17-20)10-12-24(27)26(23)18-19-7-4-3-5-8-19/h3-5,7-9,11,17,22H,2,6,10,12-16,18H2,1H3. The van der Waals surface area contributed by atoms with E-state index in [0.29, 0.717) is 19.0 Å². The summed E-state index contributed by atoms with van der Waals surface area (Å²) in [5.74, 6) is 0.224. The molecule has 1 atom stereocenters. The van der Waals surface area contributed by atoms with E-state index in [9.17, 15) is 4.79 Å². The number of benzene rings is 2. The molecule has 2 aliphatic rings. The Morgan fingerprint density at radius 3 is 2.57 bits per heavy atom. The molecule has 4 heteroatoms. The van der Waals surface area contributed by atoms with Crippen molar-refractivity contribution in [2.75, 3.05) is 31.2 Å². The normalized spacial score (nSPS) is 18.8. The number of nitrogens with zero attached hydrogens (tertiary/aromatic N) is 2. The van der Waals surface area contributed by atoms with E-state index in [1.165, 1.54) is 16.7 Å². The van der Waals surface area contributed by atoms with Crippen LogP contribution in [0.3, 0.4) is 0 Å². The van der Waals surface area contributed by atoms with Crippen molar-refractivity contribution in [2.24, 2.45) is 0 Å². The molecule has 0 radical (unpaired) electrons. The highest BCUT2D eigenvalue weighted by molar-refractivity contribution is 5.96. The number of ether oxygens (including phenoxy) is 1. The van der Waals surface area contributed by atoms with Crippen LogP contribution in [-0.4, -0.2) is 37.1 Å². The molecule has 4 rings (SSSR count). The number of carbonyl (C=O) groups excluding carboxylic acids is 1. The summed E-state index contributed by atoms with van der Waals surface area (Å²) in [4.78, 5) is 17.2. The molecule has 2 aromatic carbocycles. The number of amides is 1. The lowest BCUT2D eigenvalue weighted by molar-refractivity contribution is -0.119. The average Bonchev–Trinajstić information content (AvgIpc) is 2.75. The molecule has 1 amide bonds. The van der Waals surface area contributed by atoms with Gasteiger partial charge in [0.05, 0.1) is 19.8 Å². The van der Waals surface area contributed by atoms with Crippen LogP contribution < -0.4 is 4.90 Å². The first-order valence-corrected chi connectivity index (χ1v) is 10.5. The molecule has 2 heterocycles. The summed E-state index contributed by atoms with van der Waals surface area (Å²) in [5, 5.41) is 0. The molecule has 1 saturated heterocycles. The van der Waals surface area contributed by atoms with Gasteiger partial charge in [0.2, 0.25) is 5.91 Å². The van der Waals surface area contributed by atoms with E-state index in [4.69, 9.17) is 4.74 Å². The quantitative estimate of drug-likeness (QED) is 0.750. The molecule has 28 heavy (non-hydrogen) atoms. The summed E-state index contributed by atoms with van der Waals surface area (Å²) in [7, 11) is 0. The summed E-state index contributed by atoms with van der Waals surface area (Å²) in [6, 6.07) is 17.5. The number of aryl methyl sites for hydroxylation is 1. The van der Waals surface area contributed by atoms with Crippen LogP contribution in [0.5, 0.6) is 0 Å². The third-order valence-corrected chi connectivity index (χ3v) is 5.92. The number of morpholine rings is 1. The van der Waals surface area contributed by atoms with Gasteiger partial charge < -0.3 is 9.64 Å². The maximum absolute atomic E-state index is 12.6. The van der Waals surface area contributed by atoms with Gasteiger partial charge in [-0.15, -0.1) is 0 Å². The van der Waals surface area contributed by atoms with Crippen molar-refractivity contribution < 1.29 is 9.53 Å². The minimum absolute atomic E-state index is 0.224. The molecule has 2 aromatic rings. The molecule has 0 N–H and O–H groups in total. The SMILES string of the molecule is CCCC(c1ccc2c(c1)CCC(=O)N2Cc1ccccc1)N1CCOCC1. The monoisotopic (exact) mass is 378 g/mol. The zero-order valence-corrected chi connectivity index (χ0v) is 16.8. The maximum Gasteiger partial charge on any atom is 0.227 e. The van der Waals surface area contributed by atoms with Gasteiger partial charge in [-0.2, -0.15) is 0 Å². The van der Waals surface area contributed by atoms with E-state index in [2.05, 4.69) is 42.2 Å². The first kappa shape index (κ1) is 19.2. The average molecular weight is 379 g/mol. The predicted molar refractivity (Wildman–Crippen MR) is 112 cm³/mol. The van der Waals surface area contributed by atoms with Crippen molar-refractivity contribution in [3.05, 3.63) is 65.2 Å². The molecule has 0 aliphatic carbocycles. The number of anilines is 1. The molecular formula is C24H30N2O2. The first-order valence-electron chi connectivity index (χ1n) is 10.5. The van der Waals surface area contributed by atoms with E-state index in [-0.39, 0.29) is 5.91 Å². The van der Waals surface area contributed by atoms with Crippen LogP contribution in [0, 0.1) is 0 Å². The molecule has 0 aromatic heterocycles. The van der Waals surface area contributed by atoms with Gasteiger partial charge in [-0.1, -0.05) is 55.8 Å². The Bertz CT molecular complexity index is 800. The van der Waals surface area contributed by atoms with Crippen LogP contribution in [0.15, 0.2) is 48.5 Å². The second kappa shape index (κ2) is 8.89.